The Hall–Kier alpha value is -2.45. The minimum absolute atomic E-state index is 0.0171. The van der Waals surface area contributed by atoms with E-state index in [4.69, 9.17) is 33.5 Å². The summed E-state index contributed by atoms with van der Waals surface area (Å²) in [7, 11) is 0. The van der Waals surface area contributed by atoms with Crippen molar-refractivity contribution in [2.45, 2.75) is 39.3 Å². The molecule has 2 unspecified atom stereocenters. The van der Waals surface area contributed by atoms with E-state index in [1.54, 1.807) is 0 Å². The lowest BCUT2D eigenvalue weighted by Gasteiger charge is -2.30. The summed E-state index contributed by atoms with van der Waals surface area (Å²) in [6.45, 7) is 12.1. The van der Waals surface area contributed by atoms with E-state index in [1.165, 1.54) is 22.5 Å². The fourth-order valence-electron chi connectivity index (χ4n) is 5.56. The summed E-state index contributed by atoms with van der Waals surface area (Å²) in [6, 6.07) is 14.5. The highest BCUT2D eigenvalue weighted by molar-refractivity contribution is 7.80. The van der Waals surface area contributed by atoms with Gasteiger partial charge in [0.05, 0.1) is 31.0 Å². The molecule has 0 bridgehead atoms. The molecular formula is C28H34ClN5OS. The smallest absolute Gasteiger partial charge is 0.170 e. The summed E-state index contributed by atoms with van der Waals surface area (Å²) in [6.07, 6.45) is 2.90. The molecule has 2 aromatic heterocycles. The summed E-state index contributed by atoms with van der Waals surface area (Å²) in [5, 5.41) is 5.14. The van der Waals surface area contributed by atoms with Crippen LogP contribution in [0.1, 0.15) is 46.7 Å². The standard InChI is InChI=1S/C28H34ClN5OS/c1-19-8-9-22(29)18-25(19)34-20(2)17-23(21(34)3)27-26(24-7-4-5-10-30-24)31-28(36)33(27)12-6-11-32-13-15-35-16-14-32/h4-5,7-10,17-18,26-27H,6,11-16H2,1-3H3,(H,31,36). The Morgan fingerprint density at radius 2 is 1.89 bits per heavy atom. The largest absolute Gasteiger partial charge is 0.379 e. The van der Waals surface area contributed by atoms with Gasteiger partial charge in [-0.25, -0.2) is 0 Å². The maximum atomic E-state index is 6.40. The number of nitrogens with zero attached hydrogens (tertiary/aromatic N) is 4. The molecule has 4 heterocycles. The lowest BCUT2D eigenvalue weighted by atomic mass is 9.96. The van der Waals surface area contributed by atoms with Crippen molar-refractivity contribution in [3.63, 3.8) is 0 Å². The van der Waals surface area contributed by atoms with E-state index in [-0.39, 0.29) is 12.1 Å². The van der Waals surface area contributed by atoms with Gasteiger partial charge < -0.3 is 19.5 Å². The van der Waals surface area contributed by atoms with Gasteiger partial charge in [-0.1, -0.05) is 23.7 Å². The fourth-order valence-corrected chi connectivity index (χ4v) is 6.05. The van der Waals surface area contributed by atoms with Gasteiger partial charge in [-0.15, -0.1) is 0 Å². The Morgan fingerprint density at radius 1 is 1.08 bits per heavy atom. The molecule has 6 nitrogen and oxygen atoms in total. The maximum absolute atomic E-state index is 6.40. The monoisotopic (exact) mass is 523 g/mol. The zero-order valence-electron chi connectivity index (χ0n) is 21.2. The molecule has 0 saturated carbocycles. The molecule has 0 amide bonds. The van der Waals surface area contributed by atoms with Gasteiger partial charge in [-0.3, -0.25) is 9.88 Å². The molecule has 190 valence electrons. The van der Waals surface area contributed by atoms with Crippen LogP contribution in [0.15, 0.2) is 48.7 Å². The van der Waals surface area contributed by atoms with E-state index in [2.05, 4.69) is 64.7 Å². The zero-order chi connectivity index (χ0) is 25.2. The molecular weight excluding hydrogens is 490 g/mol. The molecule has 0 spiro atoms. The Morgan fingerprint density at radius 3 is 2.64 bits per heavy atom. The van der Waals surface area contributed by atoms with Crippen molar-refractivity contribution >= 4 is 28.9 Å². The van der Waals surface area contributed by atoms with Gasteiger partial charge in [0.15, 0.2) is 5.11 Å². The molecule has 1 N–H and O–H groups in total. The van der Waals surface area contributed by atoms with Gasteiger partial charge >= 0.3 is 0 Å². The molecule has 8 heteroatoms. The summed E-state index contributed by atoms with van der Waals surface area (Å²) in [5.41, 5.74) is 6.96. The van der Waals surface area contributed by atoms with Crippen LogP contribution in [0.4, 0.5) is 0 Å². The Bertz CT molecular complexity index is 1220. The first-order valence-corrected chi connectivity index (χ1v) is 13.5. The molecule has 5 rings (SSSR count). The van der Waals surface area contributed by atoms with Crippen LogP contribution in [0.3, 0.4) is 0 Å². The second-order valence-electron chi connectivity index (χ2n) is 9.72. The van der Waals surface area contributed by atoms with E-state index < -0.39 is 0 Å². The number of aryl methyl sites for hydroxylation is 2. The minimum atomic E-state index is -0.0171. The van der Waals surface area contributed by atoms with Crippen LogP contribution in [-0.4, -0.2) is 63.9 Å². The Kier molecular flexibility index (Phi) is 7.62. The molecule has 0 radical (unpaired) electrons. The first-order chi connectivity index (χ1) is 17.4. The van der Waals surface area contributed by atoms with Crippen LogP contribution in [0.2, 0.25) is 5.02 Å². The van der Waals surface area contributed by atoms with Crippen molar-refractivity contribution in [3.05, 3.63) is 81.9 Å². The number of aromatic nitrogens is 2. The fraction of sp³-hybridized carbons (Fsp3) is 0.429. The second kappa shape index (κ2) is 10.9. The van der Waals surface area contributed by atoms with Crippen molar-refractivity contribution < 1.29 is 4.74 Å². The number of pyridine rings is 1. The normalized spacial score (nSPS) is 20.7. The predicted molar refractivity (Wildman–Crippen MR) is 149 cm³/mol. The number of ether oxygens (including phenoxy) is 1. The maximum Gasteiger partial charge on any atom is 0.170 e. The van der Waals surface area contributed by atoms with E-state index in [9.17, 15) is 0 Å². The lowest BCUT2D eigenvalue weighted by molar-refractivity contribution is 0.0365. The van der Waals surface area contributed by atoms with E-state index in [0.717, 1.165) is 67.3 Å². The van der Waals surface area contributed by atoms with Crippen molar-refractivity contribution in [3.8, 4) is 5.69 Å². The first-order valence-electron chi connectivity index (χ1n) is 12.7. The number of hydrogen-bond donors (Lipinski definition) is 1. The molecule has 2 atom stereocenters. The van der Waals surface area contributed by atoms with Crippen LogP contribution >= 0.6 is 23.8 Å². The SMILES string of the molecule is Cc1ccc(Cl)cc1-n1c(C)cc(C2C(c3ccccn3)NC(=S)N2CCCN2CCOCC2)c1C. The van der Waals surface area contributed by atoms with E-state index >= 15 is 0 Å². The third kappa shape index (κ3) is 5.02. The lowest BCUT2D eigenvalue weighted by Crippen LogP contribution is -2.39. The van der Waals surface area contributed by atoms with Crippen LogP contribution in [0.5, 0.6) is 0 Å². The van der Waals surface area contributed by atoms with Gasteiger partial charge in [0.25, 0.3) is 0 Å². The summed E-state index contributed by atoms with van der Waals surface area (Å²) >= 11 is 12.3. The number of halogens is 1. The van der Waals surface area contributed by atoms with Gasteiger partial charge in [0.2, 0.25) is 0 Å². The number of benzene rings is 1. The second-order valence-corrected chi connectivity index (χ2v) is 10.5. The minimum Gasteiger partial charge on any atom is -0.379 e. The van der Waals surface area contributed by atoms with Crippen LogP contribution in [0, 0.1) is 20.8 Å². The Balaban J connectivity index is 1.50. The Labute approximate surface area is 224 Å². The number of nitrogens with one attached hydrogen (secondary N) is 1. The van der Waals surface area contributed by atoms with Crippen molar-refractivity contribution in [2.75, 3.05) is 39.4 Å². The van der Waals surface area contributed by atoms with Gasteiger partial charge in [-0.2, -0.15) is 0 Å². The quantitative estimate of drug-likeness (QED) is 0.432. The van der Waals surface area contributed by atoms with Gasteiger partial charge in [0.1, 0.15) is 0 Å². The average Bonchev–Trinajstić information content (AvgIpc) is 3.36. The summed E-state index contributed by atoms with van der Waals surface area (Å²) in [5.74, 6) is 0. The van der Waals surface area contributed by atoms with Crippen molar-refractivity contribution in [1.29, 1.82) is 0 Å². The topological polar surface area (TPSA) is 45.6 Å². The molecule has 2 aliphatic heterocycles. The molecule has 2 aliphatic rings. The predicted octanol–water partition coefficient (Wildman–Crippen LogP) is 5.15. The van der Waals surface area contributed by atoms with Crippen molar-refractivity contribution in [1.82, 2.24) is 24.7 Å². The molecule has 36 heavy (non-hydrogen) atoms. The zero-order valence-corrected chi connectivity index (χ0v) is 22.8. The highest BCUT2D eigenvalue weighted by atomic mass is 35.5. The van der Waals surface area contributed by atoms with Crippen LogP contribution in [0.25, 0.3) is 5.69 Å². The molecule has 2 saturated heterocycles. The highest BCUT2D eigenvalue weighted by Crippen LogP contribution is 2.41. The third-order valence-corrected chi connectivity index (χ3v) is 7.96. The number of rotatable bonds is 7. The van der Waals surface area contributed by atoms with Gasteiger partial charge in [0, 0.05) is 54.5 Å². The van der Waals surface area contributed by atoms with Crippen LogP contribution < -0.4 is 5.32 Å². The first kappa shape index (κ1) is 25.2. The molecule has 3 aromatic rings. The average molecular weight is 524 g/mol. The van der Waals surface area contributed by atoms with Crippen molar-refractivity contribution in [2.24, 2.45) is 0 Å². The number of hydrogen-bond acceptors (Lipinski definition) is 4. The third-order valence-electron chi connectivity index (χ3n) is 7.38. The summed E-state index contributed by atoms with van der Waals surface area (Å²) in [4.78, 5) is 9.56. The van der Waals surface area contributed by atoms with E-state index in [0.29, 0.717) is 0 Å². The molecule has 1 aromatic carbocycles. The number of morpholine rings is 1. The summed E-state index contributed by atoms with van der Waals surface area (Å²) < 4.78 is 7.83. The molecule has 0 aliphatic carbocycles. The number of thiocarbonyl (C=S) groups is 1. The van der Waals surface area contributed by atoms with Crippen LogP contribution in [-0.2, 0) is 4.74 Å². The molecule has 2 fully saturated rings. The van der Waals surface area contributed by atoms with Gasteiger partial charge in [-0.05, 0) is 80.9 Å². The van der Waals surface area contributed by atoms with E-state index in [1.807, 2.05) is 24.4 Å². The highest BCUT2D eigenvalue weighted by Gasteiger charge is 2.41.